The third-order valence-corrected chi connectivity index (χ3v) is 8.11. The Morgan fingerprint density at radius 2 is 1.72 bits per heavy atom. The Labute approximate surface area is 188 Å². The molecule has 0 bridgehead atoms. The smallest absolute Gasteiger partial charge is 0.307 e. The maximum Gasteiger partial charge on any atom is 0.307 e. The zero-order valence-corrected chi connectivity index (χ0v) is 19.5. The van der Waals surface area contributed by atoms with E-state index in [1.165, 1.54) is 22.5 Å². The highest BCUT2D eigenvalue weighted by Crippen LogP contribution is 2.30. The van der Waals surface area contributed by atoms with Gasteiger partial charge < -0.3 is 4.74 Å². The van der Waals surface area contributed by atoms with Crippen LogP contribution in [0.2, 0.25) is 0 Å². The van der Waals surface area contributed by atoms with Crippen molar-refractivity contribution >= 4 is 37.3 Å². The van der Waals surface area contributed by atoms with Gasteiger partial charge >= 0.3 is 5.97 Å². The summed E-state index contributed by atoms with van der Waals surface area (Å²) in [5.74, 6) is -1.64. The third kappa shape index (κ3) is 5.74. The maximum atomic E-state index is 12.4. The minimum absolute atomic E-state index is 0.129. The molecule has 0 N–H and O–H groups in total. The first kappa shape index (κ1) is 23.9. The van der Waals surface area contributed by atoms with E-state index in [1.54, 1.807) is 24.3 Å². The van der Waals surface area contributed by atoms with Gasteiger partial charge in [0.1, 0.15) is 0 Å². The molecular weight excluding hydrogens is 454 g/mol. The lowest BCUT2D eigenvalue weighted by atomic mass is 9.99. The van der Waals surface area contributed by atoms with Gasteiger partial charge in [-0.1, -0.05) is 17.7 Å². The van der Waals surface area contributed by atoms with Crippen LogP contribution in [-0.2, 0) is 35.8 Å². The molecule has 1 aliphatic heterocycles. The number of sulfone groups is 1. The number of rotatable bonds is 8. The number of aryl methyl sites for hydroxylation is 2. The normalized spacial score (nSPS) is 14.0. The van der Waals surface area contributed by atoms with E-state index in [1.807, 2.05) is 6.92 Å². The van der Waals surface area contributed by atoms with Crippen molar-refractivity contribution in [3.8, 4) is 0 Å². The Morgan fingerprint density at radius 1 is 1.03 bits per heavy atom. The number of carbonyl (C=O) groups excluding carboxylic acids is 2. The van der Waals surface area contributed by atoms with Crippen molar-refractivity contribution in [1.29, 1.82) is 0 Å². The summed E-state index contributed by atoms with van der Waals surface area (Å²) in [4.78, 5) is 24.6. The lowest BCUT2D eigenvalue weighted by Crippen LogP contribution is -2.34. The second-order valence-corrected chi connectivity index (χ2v) is 11.8. The van der Waals surface area contributed by atoms with Crippen molar-refractivity contribution in [2.24, 2.45) is 0 Å². The number of benzene rings is 2. The molecule has 10 heteroatoms. The summed E-state index contributed by atoms with van der Waals surface area (Å²) in [6.07, 6.45) is 2.05. The highest BCUT2D eigenvalue weighted by atomic mass is 32.2. The molecule has 1 aliphatic rings. The number of hydrogen-bond acceptors (Lipinski definition) is 7. The van der Waals surface area contributed by atoms with Crippen LogP contribution in [0.5, 0.6) is 0 Å². The molecule has 2 aromatic carbocycles. The Balaban J connectivity index is 1.57. The molecule has 0 unspecified atom stereocenters. The molecule has 0 saturated carbocycles. The third-order valence-electron chi connectivity index (χ3n) is 5.20. The fourth-order valence-electron chi connectivity index (χ4n) is 3.46. The van der Waals surface area contributed by atoms with Crippen molar-refractivity contribution in [1.82, 2.24) is 0 Å². The van der Waals surface area contributed by atoms with E-state index in [2.05, 4.69) is 0 Å². The zero-order valence-electron chi connectivity index (χ0n) is 17.9. The van der Waals surface area contributed by atoms with E-state index in [4.69, 9.17) is 4.74 Å². The molecule has 1 heterocycles. The van der Waals surface area contributed by atoms with E-state index in [-0.39, 0.29) is 11.3 Å². The summed E-state index contributed by atoms with van der Waals surface area (Å²) < 4.78 is 54.8. The van der Waals surface area contributed by atoms with Gasteiger partial charge in [0.2, 0.25) is 10.0 Å². The van der Waals surface area contributed by atoms with Crippen LogP contribution in [0.3, 0.4) is 0 Å². The van der Waals surface area contributed by atoms with Gasteiger partial charge in [-0.15, -0.1) is 0 Å². The Morgan fingerprint density at radius 3 is 2.38 bits per heavy atom. The molecule has 0 aromatic heterocycles. The Hall–Kier alpha value is -2.72. The molecule has 32 heavy (non-hydrogen) atoms. The van der Waals surface area contributed by atoms with Crippen LogP contribution in [0.25, 0.3) is 0 Å². The van der Waals surface area contributed by atoms with Crippen molar-refractivity contribution in [3.63, 3.8) is 0 Å². The SMILES string of the molecule is Cc1ccc(S(=O)(=O)CCC(=O)OCC(=O)c2ccc3c(c2)CCCN3S(C)(=O)=O)cc1. The molecule has 3 rings (SSSR count). The van der Waals surface area contributed by atoms with Crippen LogP contribution in [0.15, 0.2) is 47.4 Å². The number of ether oxygens (including phenoxy) is 1. The number of esters is 1. The number of sulfonamides is 1. The topological polar surface area (TPSA) is 115 Å². The minimum atomic E-state index is -3.63. The second-order valence-electron chi connectivity index (χ2n) is 7.75. The van der Waals surface area contributed by atoms with Gasteiger partial charge in [-0.25, -0.2) is 16.8 Å². The van der Waals surface area contributed by atoms with Crippen molar-refractivity contribution < 1.29 is 31.2 Å². The van der Waals surface area contributed by atoms with E-state index in [0.29, 0.717) is 30.6 Å². The van der Waals surface area contributed by atoms with Crippen molar-refractivity contribution in [3.05, 3.63) is 59.2 Å². The van der Waals surface area contributed by atoms with Crippen LogP contribution in [0, 0.1) is 6.92 Å². The maximum absolute atomic E-state index is 12.4. The predicted molar refractivity (Wildman–Crippen MR) is 120 cm³/mol. The molecule has 0 amide bonds. The van der Waals surface area contributed by atoms with E-state index < -0.39 is 44.0 Å². The van der Waals surface area contributed by atoms with Crippen LogP contribution in [0.1, 0.15) is 34.3 Å². The van der Waals surface area contributed by atoms with Gasteiger partial charge in [-0.05, 0) is 55.7 Å². The molecule has 172 valence electrons. The molecule has 0 aliphatic carbocycles. The lowest BCUT2D eigenvalue weighted by Gasteiger charge is -2.29. The Bertz CT molecular complexity index is 1230. The first-order valence-electron chi connectivity index (χ1n) is 10.1. The predicted octanol–water partition coefficient (Wildman–Crippen LogP) is 2.30. The molecule has 2 aromatic rings. The molecular formula is C22H25NO7S2. The van der Waals surface area contributed by atoms with Crippen LogP contribution in [-0.4, -0.2) is 53.7 Å². The van der Waals surface area contributed by atoms with Crippen LogP contribution >= 0.6 is 0 Å². The molecule has 0 radical (unpaired) electrons. The van der Waals surface area contributed by atoms with Gasteiger partial charge in [0.15, 0.2) is 22.2 Å². The molecule has 0 fully saturated rings. The van der Waals surface area contributed by atoms with Crippen molar-refractivity contribution in [2.45, 2.75) is 31.1 Å². The summed E-state index contributed by atoms with van der Waals surface area (Å²) in [6, 6.07) is 11.0. The fourth-order valence-corrected chi connectivity index (χ4v) is 5.68. The van der Waals surface area contributed by atoms with E-state index >= 15 is 0 Å². The molecule has 0 saturated heterocycles. The summed E-state index contributed by atoms with van der Waals surface area (Å²) in [6.45, 7) is 1.72. The number of hydrogen-bond donors (Lipinski definition) is 0. The first-order valence-corrected chi connectivity index (χ1v) is 13.6. The summed E-state index contributed by atoms with van der Waals surface area (Å²) in [5, 5.41) is 0. The lowest BCUT2D eigenvalue weighted by molar-refractivity contribution is -0.142. The number of ketones is 1. The van der Waals surface area contributed by atoms with Gasteiger partial charge in [-0.3, -0.25) is 13.9 Å². The highest BCUT2D eigenvalue weighted by Gasteiger charge is 2.25. The van der Waals surface area contributed by atoms with Crippen LogP contribution in [0.4, 0.5) is 5.69 Å². The fraction of sp³-hybridized carbons (Fsp3) is 0.364. The molecule has 0 atom stereocenters. The van der Waals surface area contributed by atoms with Gasteiger partial charge in [0.25, 0.3) is 0 Å². The number of carbonyl (C=O) groups is 2. The number of anilines is 1. The van der Waals surface area contributed by atoms with Gasteiger partial charge in [0.05, 0.1) is 29.0 Å². The quantitative estimate of drug-likeness (QED) is 0.421. The standard InChI is InChI=1S/C22H25NO7S2/c1-16-5-8-19(9-6-16)32(28,29)13-11-22(25)30-15-21(24)18-7-10-20-17(14-18)4-3-12-23(20)31(2,26)27/h5-10,14H,3-4,11-13,15H2,1-2H3. The van der Waals surface area contributed by atoms with E-state index in [0.717, 1.165) is 17.4 Å². The monoisotopic (exact) mass is 479 g/mol. The molecule has 0 spiro atoms. The Kier molecular flexibility index (Phi) is 7.04. The molecule has 8 nitrogen and oxygen atoms in total. The van der Waals surface area contributed by atoms with Gasteiger partial charge in [-0.2, -0.15) is 0 Å². The highest BCUT2D eigenvalue weighted by molar-refractivity contribution is 7.92. The second kappa shape index (κ2) is 9.41. The first-order chi connectivity index (χ1) is 15.0. The number of fused-ring (bicyclic) bond motifs is 1. The summed E-state index contributed by atoms with van der Waals surface area (Å²) >= 11 is 0. The minimum Gasteiger partial charge on any atom is -0.457 e. The van der Waals surface area contributed by atoms with Gasteiger partial charge in [0, 0.05) is 12.1 Å². The zero-order chi connectivity index (χ0) is 23.5. The largest absolute Gasteiger partial charge is 0.457 e. The summed E-state index contributed by atoms with van der Waals surface area (Å²) in [7, 11) is -7.03. The number of Topliss-reactive ketones (excluding diaryl/α,β-unsaturated/α-hetero) is 1. The van der Waals surface area contributed by atoms with Crippen molar-refractivity contribution in [2.75, 3.05) is 29.5 Å². The summed E-state index contributed by atoms with van der Waals surface area (Å²) in [5.41, 5.74) is 2.52. The number of nitrogens with zero attached hydrogens (tertiary/aromatic N) is 1. The average Bonchev–Trinajstić information content (AvgIpc) is 2.75. The van der Waals surface area contributed by atoms with E-state index in [9.17, 15) is 26.4 Å². The van der Waals surface area contributed by atoms with Crippen LogP contribution < -0.4 is 4.31 Å². The average molecular weight is 480 g/mol.